The van der Waals surface area contributed by atoms with Crippen LogP contribution in [0.25, 0.3) is 0 Å². The molecular weight excluding hydrogens is 230 g/mol. The standard InChI is InChI=1S/C13H25N3S/c1-6-10-7-16-12(17-10)9(2)15-8-11(14)13(3,4)5/h7,9,11,15H,6,8,14H2,1-5H3. The molecule has 1 rings (SSSR count). The maximum absolute atomic E-state index is 6.13. The van der Waals surface area contributed by atoms with Crippen LogP contribution < -0.4 is 11.1 Å². The lowest BCUT2D eigenvalue weighted by Crippen LogP contribution is -2.44. The molecule has 0 fully saturated rings. The van der Waals surface area contributed by atoms with Gasteiger partial charge in [-0.1, -0.05) is 27.7 Å². The molecule has 0 aliphatic heterocycles. The summed E-state index contributed by atoms with van der Waals surface area (Å²) >= 11 is 1.79. The normalized spacial score (nSPS) is 15.9. The Morgan fingerprint density at radius 3 is 2.59 bits per heavy atom. The van der Waals surface area contributed by atoms with Crippen molar-refractivity contribution in [2.45, 2.75) is 53.1 Å². The summed E-state index contributed by atoms with van der Waals surface area (Å²) in [6.07, 6.45) is 3.04. The number of nitrogens with one attached hydrogen (secondary N) is 1. The predicted molar refractivity (Wildman–Crippen MR) is 75.3 cm³/mol. The molecule has 0 saturated heterocycles. The van der Waals surface area contributed by atoms with E-state index in [-0.39, 0.29) is 17.5 Å². The Kier molecular flexibility index (Phi) is 5.10. The zero-order valence-electron chi connectivity index (χ0n) is 11.6. The van der Waals surface area contributed by atoms with E-state index in [0.717, 1.165) is 18.0 Å². The van der Waals surface area contributed by atoms with E-state index in [1.54, 1.807) is 11.3 Å². The monoisotopic (exact) mass is 255 g/mol. The van der Waals surface area contributed by atoms with E-state index in [0.29, 0.717) is 0 Å². The van der Waals surface area contributed by atoms with Gasteiger partial charge in [-0.15, -0.1) is 11.3 Å². The fraction of sp³-hybridized carbons (Fsp3) is 0.769. The second-order valence-electron chi connectivity index (χ2n) is 5.62. The van der Waals surface area contributed by atoms with Crippen LogP contribution in [0, 0.1) is 5.41 Å². The zero-order chi connectivity index (χ0) is 13.1. The third kappa shape index (κ3) is 4.37. The molecule has 0 amide bonds. The maximum Gasteiger partial charge on any atom is 0.109 e. The van der Waals surface area contributed by atoms with E-state index in [1.165, 1.54) is 4.88 Å². The Morgan fingerprint density at radius 1 is 1.47 bits per heavy atom. The quantitative estimate of drug-likeness (QED) is 0.850. The van der Waals surface area contributed by atoms with Crippen LogP contribution in [0.4, 0.5) is 0 Å². The van der Waals surface area contributed by atoms with E-state index in [1.807, 2.05) is 6.20 Å². The second-order valence-corrected chi connectivity index (χ2v) is 6.77. The Morgan fingerprint density at radius 2 is 2.12 bits per heavy atom. The van der Waals surface area contributed by atoms with Gasteiger partial charge in [0.05, 0.1) is 6.04 Å². The van der Waals surface area contributed by atoms with Crippen LogP contribution in [-0.2, 0) is 6.42 Å². The molecule has 0 radical (unpaired) electrons. The number of hydrogen-bond acceptors (Lipinski definition) is 4. The molecule has 0 spiro atoms. The highest BCUT2D eigenvalue weighted by molar-refractivity contribution is 7.11. The number of hydrogen-bond donors (Lipinski definition) is 2. The zero-order valence-corrected chi connectivity index (χ0v) is 12.4. The molecule has 0 bridgehead atoms. The van der Waals surface area contributed by atoms with Crippen molar-refractivity contribution in [3.05, 3.63) is 16.1 Å². The number of aryl methyl sites for hydroxylation is 1. The van der Waals surface area contributed by atoms with Crippen molar-refractivity contribution < 1.29 is 0 Å². The van der Waals surface area contributed by atoms with E-state index in [9.17, 15) is 0 Å². The molecule has 0 aliphatic rings. The third-order valence-corrected chi connectivity index (χ3v) is 4.37. The fourth-order valence-corrected chi connectivity index (χ4v) is 2.27. The SMILES string of the molecule is CCc1cnc(C(C)NCC(N)C(C)(C)C)s1. The van der Waals surface area contributed by atoms with Gasteiger partial charge in [0, 0.05) is 23.7 Å². The Balaban J connectivity index is 2.47. The number of thiazole rings is 1. The van der Waals surface area contributed by atoms with E-state index < -0.39 is 0 Å². The Bertz CT molecular complexity index is 341. The number of nitrogens with two attached hydrogens (primary N) is 1. The van der Waals surface area contributed by atoms with Gasteiger partial charge in [0.1, 0.15) is 5.01 Å². The molecule has 1 aromatic heterocycles. The first-order valence-corrected chi connectivity index (χ1v) is 7.09. The van der Waals surface area contributed by atoms with Crippen LogP contribution in [0.2, 0.25) is 0 Å². The lowest BCUT2D eigenvalue weighted by Gasteiger charge is -2.28. The molecule has 1 aromatic rings. The summed E-state index contributed by atoms with van der Waals surface area (Å²) in [7, 11) is 0. The van der Waals surface area contributed by atoms with Crippen LogP contribution in [0.5, 0.6) is 0 Å². The first-order valence-electron chi connectivity index (χ1n) is 6.28. The predicted octanol–water partition coefficient (Wildman–Crippen LogP) is 2.73. The number of rotatable bonds is 5. The van der Waals surface area contributed by atoms with Crippen LogP contribution in [0.15, 0.2) is 6.20 Å². The summed E-state index contributed by atoms with van der Waals surface area (Å²) in [6, 6.07) is 0.448. The smallest absolute Gasteiger partial charge is 0.109 e. The summed E-state index contributed by atoms with van der Waals surface area (Å²) in [5.41, 5.74) is 6.27. The molecule has 0 aliphatic carbocycles. The summed E-state index contributed by atoms with van der Waals surface area (Å²) in [4.78, 5) is 5.78. The van der Waals surface area contributed by atoms with Crippen LogP contribution >= 0.6 is 11.3 Å². The largest absolute Gasteiger partial charge is 0.326 e. The highest BCUT2D eigenvalue weighted by Crippen LogP contribution is 2.21. The van der Waals surface area contributed by atoms with Gasteiger partial charge in [-0.05, 0) is 18.8 Å². The number of nitrogens with zero attached hydrogens (tertiary/aromatic N) is 1. The third-order valence-electron chi connectivity index (χ3n) is 3.05. The molecule has 17 heavy (non-hydrogen) atoms. The fourth-order valence-electron chi connectivity index (χ4n) is 1.38. The summed E-state index contributed by atoms with van der Waals surface area (Å²) in [6.45, 7) is 11.6. The van der Waals surface area contributed by atoms with Gasteiger partial charge in [0.15, 0.2) is 0 Å². The van der Waals surface area contributed by atoms with Crippen molar-refractivity contribution >= 4 is 11.3 Å². The van der Waals surface area contributed by atoms with Gasteiger partial charge in [-0.3, -0.25) is 0 Å². The first kappa shape index (κ1) is 14.6. The molecule has 98 valence electrons. The van der Waals surface area contributed by atoms with Crippen LogP contribution in [0.1, 0.15) is 50.5 Å². The molecule has 3 N–H and O–H groups in total. The molecular formula is C13H25N3S. The minimum Gasteiger partial charge on any atom is -0.326 e. The Labute approximate surface area is 109 Å². The summed E-state index contributed by atoms with van der Waals surface area (Å²) in [5.74, 6) is 0. The highest BCUT2D eigenvalue weighted by Gasteiger charge is 2.21. The van der Waals surface area contributed by atoms with Crippen LogP contribution in [-0.4, -0.2) is 17.6 Å². The lowest BCUT2D eigenvalue weighted by atomic mass is 9.87. The molecule has 1 heterocycles. The second kappa shape index (κ2) is 5.94. The average Bonchev–Trinajstić information content (AvgIpc) is 2.72. The van der Waals surface area contributed by atoms with E-state index >= 15 is 0 Å². The van der Waals surface area contributed by atoms with Crippen molar-refractivity contribution in [3.63, 3.8) is 0 Å². The Hall–Kier alpha value is -0.450. The molecule has 0 saturated carbocycles. The van der Waals surface area contributed by atoms with Gasteiger partial charge in [0.2, 0.25) is 0 Å². The van der Waals surface area contributed by atoms with Gasteiger partial charge in [0.25, 0.3) is 0 Å². The van der Waals surface area contributed by atoms with E-state index in [4.69, 9.17) is 5.73 Å². The van der Waals surface area contributed by atoms with Crippen molar-refractivity contribution in [1.82, 2.24) is 10.3 Å². The van der Waals surface area contributed by atoms with Crippen molar-refractivity contribution in [3.8, 4) is 0 Å². The molecule has 2 atom stereocenters. The van der Waals surface area contributed by atoms with Gasteiger partial charge < -0.3 is 11.1 Å². The topological polar surface area (TPSA) is 50.9 Å². The maximum atomic E-state index is 6.13. The van der Waals surface area contributed by atoms with Gasteiger partial charge >= 0.3 is 0 Å². The van der Waals surface area contributed by atoms with Crippen molar-refractivity contribution in [2.24, 2.45) is 11.1 Å². The molecule has 3 nitrogen and oxygen atoms in total. The average molecular weight is 255 g/mol. The van der Waals surface area contributed by atoms with Crippen molar-refractivity contribution in [2.75, 3.05) is 6.54 Å². The van der Waals surface area contributed by atoms with Gasteiger partial charge in [-0.2, -0.15) is 0 Å². The minimum absolute atomic E-state index is 0.143. The van der Waals surface area contributed by atoms with Crippen LogP contribution in [0.3, 0.4) is 0 Å². The summed E-state index contributed by atoms with van der Waals surface area (Å²) < 4.78 is 0. The summed E-state index contributed by atoms with van der Waals surface area (Å²) in [5, 5.41) is 4.62. The van der Waals surface area contributed by atoms with E-state index in [2.05, 4.69) is 44.9 Å². The molecule has 2 unspecified atom stereocenters. The minimum atomic E-state index is 0.143. The lowest BCUT2D eigenvalue weighted by molar-refractivity contribution is 0.302. The first-order chi connectivity index (χ1) is 7.84. The van der Waals surface area contributed by atoms with Crippen molar-refractivity contribution in [1.29, 1.82) is 0 Å². The molecule has 4 heteroatoms. The number of aromatic nitrogens is 1. The highest BCUT2D eigenvalue weighted by atomic mass is 32.1. The van der Waals surface area contributed by atoms with Gasteiger partial charge in [-0.25, -0.2) is 4.98 Å². The molecule has 0 aromatic carbocycles.